The minimum Gasteiger partial charge on any atom is -0.497 e. The van der Waals surface area contributed by atoms with Crippen molar-refractivity contribution in [3.8, 4) is 5.75 Å². The Balaban J connectivity index is 1.47. The number of carbonyl (C=O) groups excluding carboxylic acids is 2. The van der Waals surface area contributed by atoms with Gasteiger partial charge in [-0.1, -0.05) is 48.5 Å². The Kier molecular flexibility index (Phi) is 6.51. The highest BCUT2D eigenvalue weighted by atomic mass is 16.5. The first-order chi connectivity index (χ1) is 17.5. The summed E-state index contributed by atoms with van der Waals surface area (Å²) in [5, 5.41) is 1.90. The summed E-state index contributed by atoms with van der Waals surface area (Å²) >= 11 is 0. The second kappa shape index (κ2) is 9.90. The van der Waals surface area contributed by atoms with Gasteiger partial charge in [-0.15, -0.1) is 0 Å². The van der Waals surface area contributed by atoms with E-state index in [-0.39, 0.29) is 30.4 Å². The lowest BCUT2D eigenvalue weighted by atomic mass is 9.99. The largest absolute Gasteiger partial charge is 0.497 e. The molecule has 6 nitrogen and oxygen atoms in total. The van der Waals surface area contributed by atoms with Crippen LogP contribution in [-0.4, -0.2) is 52.4 Å². The van der Waals surface area contributed by atoms with Crippen LogP contribution in [0.4, 0.5) is 0 Å². The summed E-state index contributed by atoms with van der Waals surface area (Å²) in [4.78, 5) is 31.2. The van der Waals surface area contributed by atoms with Gasteiger partial charge in [0.05, 0.1) is 13.2 Å². The van der Waals surface area contributed by atoms with E-state index in [9.17, 15) is 9.59 Å². The van der Waals surface area contributed by atoms with Crippen LogP contribution in [0.25, 0.3) is 10.8 Å². The first-order valence-electron chi connectivity index (χ1n) is 12.3. The van der Waals surface area contributed by atoms with Crippen LogP contribution in [0.5, 0.6) is 5.75 Å². The Morgan fingerprint density at radius 3 is 2.56 bits per heavy atom. The van der Waals surface area contributed by atoms with E-state index in [1.165, 1.54) is 0 Å². The van der Waals surface area contributed by atoms with E-state index >= 15 is 0 Å². The SMILES string of the molecule is COc1cccc([C@H]2c3cccn3CCN2C(=O)CN(C(=O)c2cccc3ccccc23)C(C)C)c1. The quantitative estimate of drug-likeness (QED) is 0.384. The van der Waals surface area contributed by atoms with Crippen molar-refractivity contribution >= 4 is 22.6 Å². The molecule has 0 spiro atoms. The van der Waals surface area contributed by atoms with Crippen molar-refractivity contribution in [3.05, 3.63) is 102 Å². The predicted octanol–water partition coefficient (Wildman–Crippen LogP) is 5.13. The maximum absolute atomic E-state index is 13.9. The number of fused-ring (bicyclic) bond motifs is 2. The highest BCUT2D eigenvalue weighted by molar-refractivity contribution is 6.07. The van der Waals surface area contributed by atoms with E-state index in [0.29, 0.717) is 18.7 Å². The minimum atomic E-state index is -0.252. The molecular weight excluding hydrogens is 450 g/mol. The topological polar surface area (TPSA) is 54.8 Å². The zero-order chi connectivity index (χ0) is 25.2. The van der Waals surface area contributed by atoms with Gasteiger partial charge in [0.2, 0.25) is 5.91 Å². The lowest BCUT2D eigenvalue weighted by molar-refractivity contribution is -0.135. The smallest absolute Gasteiger partial charge is 0.255 e. The molecular formula is C30H31N3O3. The van der Waals surface area contributed by atoms with Crippen molar-refractivity contribution in [2.75, 3.05) is 20.2 Å². The van der Waals surface area contributed by atoms with Crippen LogP contribution in [-0.2, 0) is 11.3 Å². The van der Waals surface area contributed by atoms with E-state index in [0.717, 1.165) is 27.8 Å². The summed E-state index contributed by atoms with van der Waals surface area (Å²) in [6.45, 7) is 5.21. The number of rotatable bonds is 6. The van der Waals surface area contributed by atoms with Crippen LogP contribution < -0.4 is 4.74 Å². The normalized spacial score (nSPS) is 15.1. The molecule has 36 heavy (non-hydrogen) atoms. The van der Waals surface area contributed by atoms with Crippen LogP contribution in [0.15, 0.2) is 85.1 Å². The van der Waals surface area contributed by atoms with E-state index < -0.39 is 0 Å². The number of nitrogens with zero attached hydrogens (tertiary/aromatic N) is 3. The standard InChI is InChI=1S/C30H31N3O3/c1-21(2)33(30(35)26-14-7-10-22-9-4-5-13-25(22)26)20-28(34)32-18-17-31-16-8-15-27(31)29(32)23-11-6-12-24(19-23)36-3/h4-16,19,21,29H,17-18,20H2,1-3H3/t29-/m0/s1. The van der Waals surface area contributed by atoms with Gasteiger partial charge in [0.25, 0.3) is 5.91 Å². The molecule has 2 heterocycles. The number of ether oxygens (including phenoxy) is 1. The van der Waals surface area contributed by atoms with Crippen molar-refractivity contribution < 1.29 is 14.3 Å². The van der Waals surface area contributed by atoms with Crippen molar-refractivity contribution in [2.45, 2.75) is 32.5 Å². The monoisotopic (exact) mass is 481 g/mol. The predicted molar refractivity (Wildman–Crippen MR) is 141 cm³/mol. The van der Waals surface area contributed by atoms with Gasteiger partial charge in [-0.25, -0.2) is 0 Å². The van der Waals surface area contributed by atoms with Crippen LogP contribution in [0.2, 0.25) is 0 Å². The van der Waals surface area contributed by atoms with Gasteiger partial charge in [-0.2, -0.15) is 0 Å². The van der Waals surface area contributed by atoms with Gasteiger partial charge < -0.3 is 19.1 Å². The molecule has 1 aromatic heterocycles. The molecule has 3 aromatic carbocycles. The maximum atomic E-state index is 13.9. The summed E-state index contributed by atoms with van der Waals surface area (Å²) < 4.78 is 7.65. The molecule has 1 aliphatic heterocycles. The Hall–Kier alpha value is -4.06. The fourth-order valence-electron chi connectivity index (χ4n) is 5.11. The van der Waals surface area contributed by atoms with E-state index in [1.807, 2.05) is 91.5 Å². The third-order valence-corrected chi connectivity index (χ3v) is 6.98. The average molecular weight is 482 g/mol. The average Bonchev–Trinajstić information content (AvgIpc) is 3.39. The number of carbonyl (C=O) groups is 2. The molecule has 0 saturated carbocycles. The van der Waals surface area contributed by atoms with Crippen molar-refractivity contribution in [1.82, 2.24) is 14.4 Å². The lowest BCUT2D eigenvalue weighted by Crippen LogP contribution is -2.49. The molecule has 184 valence electrons. The highest BCUT2D eigenvalue weighted by Gasteiger charge is 2.34. The van der Waals surface area contributed by atoms with Gasteiger partial charge in [0.1, 0.15) is 12.3 Å². The Bertz CT molecular complexity index is 1400. The van der Waals surface area contributed by atoms with Crippen LogP contribution in [0.1, 0.15) is 41.5 Å². The van der Waals surface area contributed by atoms with Gasteiger partial charge in [-0.3, -0.25) is 9.59 Å². The Labute approximate surface area is 211 Å². The second-order valence-electron chi connectivity index (χ2n) is 9.45. The number of benzene rings is 3. The molecule has 5 rings (SSSR count). The lowest BCUT2D eigenvalue weighted by Gasteiger charge is -2.39. The number of hydrogen-bond donors (Lipinski definition) is 0. The van der Waals surface area contributed by atoms with E-state index in [2.05, 4.69) is 16.8 Å². The number of methoxy groups -OCH3 is 1. The molecule has 1 aliphatic rings. The zero-order valence-corrected chi connectivity index (χ0v) is 20.9. The van der Waals surface area contributed by atoms with Gasteiger partial charge in [-0.05, 0) is 60.5 Å². The molecule has 0 bridgehead atoms. The molecule has 6 heteroatoms. The van der Waals surface area contributed by atoms with Crippen LogP contribution >= 0.6 is 0 Å². The van der Waals surface area contributed by atoms with Crippen molar-refractivity contribution in [1.29, 1.82) is 0 Å². The summed E-state index contributed by atoms with van der Waals surface area (Å²) in [6.07, 6.45) is 2.05. The van der Waals surface area contributed by atoms with E-state index in [1.54, 1.807) is 12.0 Å². The number of aromatic nitrogens is 1. The van der Waals surface area contributed by atoms with Crippen molar-refractivity contribution in [2.24, 2.45) is 0 Å². The molecule has 1 atom stereocenters. The second-order valence-corrected chi connectivity index (χ2v) is 9.45. The zero-order valence-electron chi connectivity index (χ0n) is 20.9. The third kappa shape index (κ3) is 4.35. The summed E-state index contributed by atoms with van der Waals surface area (Å²) in [5.41, 5.74) is 2.66. The van der Waals surface area contributed by atoms with Gasteiger partial charge in [0, 0.05) is 36.6 Å². The Morgan fingerprint density at radius 1 is 0.972 bits per heavy atom. The van der Waals surface area contributed by atoms with Crippen molar-refractivity contribution in [3.63, 3.8) is 0 Å². The summed E-state index contributed by atoms with van der Waals surface area (Å²) in [7, 11) is 1.64. The van der Waals surface area contributed by atoms with Gasteiger partial charge >= 0.3 is 0 Å². The minimum absolute atomic E-state index is 0.0148. The molecule has 0 fully saturated rings. The summed E-state index contributed by atoms with van der Waals surface area (Å²) in [5.74, 6) is 0.546. The highest BCUT2D eigenvalue weighted by Crippen LogP contribution is 2.34. The molecule has 0 unspecified atom stereocenters. The maximum Gasteiger partial charge on any atom is 0.255 e. The molecule has 0 aliphatic carbocycles. The van der Waals surface area contributed by atoms with E-state index in [4.69, 9.17) is 4.74 Å². The third-order valence-electron chi connectivity index (χ3n) is 6.98. The number of amides is 2. The van der Waals surface area contributed by atoms with Gasteiger partial charge in [0.15, 0.2) is 0 Å². The number of hydrogen-bond acceptors (Lipinski definition) is 3. The van der Waals surface area contributed by atoms with Crippen LogP contribution in [0.3, 0.4) is 0 Å². The fourth-order valence-corrected chi connectivity index (χ4v) is 5.11. The molecule has 4 aromatic rings. The molecule has 0 N–H and O–H groups in total. The van der Waals surface area contributed by atoms with Crippen LogP contribution in [0, 0.1) is 0 Å². The molecule has 0 saturated heterocycles. The first-order valence-corrected chi connectivity index (χ1v) is 12.3. The molecule has 0 radical (unpaired) electrons. The molecule has 2 amide bonds. The first kappa shape index (κ1) is 23.7. The Morgan fingerprint density at radius 2 is 1.75 bits per heavy atom. The summed E-state index contributed by atoms with van der Waals surface area (Å²) in [6, 6.07) is 25.1. The fraction of sp³-hybridized carbons (Fsp3) is 0.267.